The van der Waals surface area contributed by atoms with Gasteiger partial charge in [0, 0.05) is 23.7 Å². The number of likely N-dealkylation sites (N-methyl/N-ethyl adjacent to an activating group) is 1. The smallest absolute Gasteiger partial charge is 0.239 e. The lowest BCUT2D eigenvalue weighted by Crippen LogP contribution is -2.31. The van der Waals surface area contributed by atoms with E-state index in [9.17, 15) is 10.1 Å². The summed E-state index contributed by atoms with van der Waals surface area (Å²) in [4.78, 5) is 15.8. The van der Waals surface area contributed by atoms with Crippen LogP contribution in [0.25, 0.3) is 0 Å². The van der Waals surface area contributed by atoms with E-state index in [0.717, 1.165) is 37.3 Å². The zero-order chi connectivity index (χ0) is 19.4. The number of anilines is 1. The van der Waals surface area contributed by atoms with Crippen LogP contribution in [-0.2, 0) is 22.6 Å². The van der Waals surface area contributed by atoms with Crippen molar-refractivity contribution in [3.8, 4) is 6.07 Å². The highest BCUT2D eigenvalue weighted by Crippen LogP contribution is 2.28. The summed E-state index contributed by atoms with van der Waals surface area (Å²) in [5.74, 6) is 0.481. The van der Waals surface area contributed by atoms with Gasteiger partial charge in [0.1, 0.15) is 11.9 Å². The number of ether oxygens (including phenoxy) is 1. The summed E-state index contributed by atoms with van der Waals surface area (Å²) >= 11 is 1.68. The highest BCUT2D eigenvalue weighted by Gasteiger charge is 2.24. The Labute approximate surface area is 164 Å². The summed E-state index contributed by atoms with van der Waals surface area (Å²) in [6.45, 7) is 6.36. The van der Waals surface area contributed by atoms with Gasteiger partial charge in [-0.2, -0.15) is 5.26 Å². The average Bonchev–Trinajstić information content (AvgIpc) is 3.35. The van der Waals surface area contributed by atoms with Gasteiger partial charge in [0.05, 0.1) is 24.8 Å². The summed E-state index contributed by atoms with van der Waals surface area (Å²) in [5.41, 5.74) is 2.46. The van der Waals surface area contributed by atoms with Gasteiger partial charge in [0.2, 0.25) is 5.91 Å². The van der Waals surface area contributed by atoms with E-state index in [-0.39, 0.29) is 18.6 Å². The quantitative estimate of drug-likeness (QED) is 0.793. The van der Waals surface area contributed by atoms with Crippen LogP contribution in [0.15, 0.2) is 17.5 Å². The van der Waals surface area contributed by atoms with Crippen molar-refractivity contribution in [3.63, 3.8) is 0 Å². The van der Waals surface area contributed by atoms with Gasteiger partial charge in [0.25, 0.3) is 0 Å². The minimum Gasteiger partial charge on any atom is -0.376 e. The lowest BCUT2D eigenvalue weighted by Gasteiger charge is -2.19. The van der Waals surface area contributed by atoms with Gasteiger partial charge in [-0.25, -0.2) is 0 Å². The molecule has 1 aliphatic heterocycles. The third kappa shape index (κ3) is 4.59. The molecule has 1 aliphatic rings. The number of aromatic nitrogens is 1. The Bertz CT molecular complexity index is 829. The van der Waals surface area contributed by atoms with E-state index >= 15 is 0 Å². The lowest BCUT2D eigenvalue weighted by molar-refractivity contribution is -0.117. The van der Waals surface area contributed by atoms with Crippen molar-refractivity contribution in [3.05, 3.63) is 39.2 Å². The van der Waals surface area contributed by atoms with Crippen LogP contribution >= 0.6 is 11.3 Å². The maximum absolute atomic E-state index is 12.6. The molecule has 6 nitrogen and oxygen atoms in total. The first-order chi connectivity index (χ1) is 13.0. The topological polar surface area (TPSA) is 70.3 Å². The second-order valence-corrected chi connectivity index (χ2v) is 8.12. The Morgan fingerprint density at radius 2 is 2.33 bits per heavy atom. The van der Waals surface area contributed by atoms with E-state index < -0.39 is 0 Å². The maximum atomic E-state index is 12.6. The summed E-state index contributed by atoms with van der Waals surface area (Å²) in [5, 5.41) is 14.6. The molecule has 1 amide bonds. The van der Waals surface area contributed by atoms with Crippen LogP contribution in [0.4, 0.5) is 5.82 Å². The van der Waals surface area contributed by atoms with Crippen molar-refractivity contribution in [2.45, 2.75) is 45.9 Å². The minimum absolute atomic E-state index is 0.114. The number of carbonyl (C=O) groups is 1. The largest absolute Gasteiger partial charge is 0.376 e. The zero-order valence-electron chi connectivity index (χ0n) is 16.1. The van der Waals surface area contributed by atoms with Gasteiger partial charge in [-0.15, -0.1) is 11.3 Å². The molecule has 2 aromatic rings. The molecule has 0 spiro atoms. The van der Waals surface area contributed by atoms with Gasteiger partial charge < -0.3 is 14.6 Å². The standard InChI is InChI=1S/C20H26N4O2S/c1-14-15(2)24(11-16-6-4-8-26-16)20(18(14)10-21)22-19(25)13-23(3)12-17-7-5-9-27-17/h5,7,9,16H,4,6,8,11-13H2,1-3H3,(H,22,25)/t16-/m1/s1. The Morgan fingerprint density at radius 3 is 2.96 bits per heavy atom. The van der Waals surface area contributed by atoms with Crippen LogP contribution in [0.2, 0.25) is 0 Å². The molecule has 3 heterocycles. The Hall–Kier alpha value is -2.14. The van der Waals surface area contributed by atoms with Crippen LogP contribution < -0.4 is 5.32 Å². The number of rotatable bonds is 7. The third-order valence-corrected chi connectivity index (χ3v) is 5.89. The lowest BCUT2D eigenvalue weighted by atomic mass is 10.2. The molecule has 3 rings (SSSR count). The zero-order valence-corrected chi connectivity index (χ0v) is 16.9. The summed E-state index contributed by atoms with van der Waals surface area (Å²) in [6, 6.07) is 6.33. The molecule has 1 fully saturated rings. The molecule has 7 heteroatoms. The number of hydrogen-bond donors (Lipinski definition) is 1. The van der Waals surface area contributed by atoms with Gasteiger partial charge in [-0.05, 0) is 50.7 Å². The Balaban J connectivity index is 1.73. The molecule has 27 heavy (non-hydrogen) atoms. The predicted octanol–water partition coefficient (Wildman–Crippen LogP) is 3.29. The van der Waals surface area contributed by atoms with Gasteiger partial charge in [0.15, 0.2) is 0 Å². The minimum atomic E-state index is -0.114. The fourth-order valence-corrected chi connectivity index (χ4v) is 4.28. The first-order valence-electron chi connectivity index (χ1n) is 9.21. The molecule has 144 valence electrons. The second-order valence-electron chi connectivity index (χ2n) is 7.09. The molecule has 0 radical (unpaired) electrons. The van der Waals surface area contributed by atoms with E-state index in [0.29, 0.717) is 17.9 Å². The number of carbonyl (C=O) groups excluding carboxylic acids is 1. The maximum Gasteiger partial charge on any atom is 0.239 e. The summed E-state index contributed by atoms with van der Waals surface area (Å²) < 4.78 is 7.78. The predicted molar refractivity (Wildman–Crippen MR) is 107 cm³/mol. The van der Waals surface area contributed by atoms with Gasteiger partial charge in [-0.1, -0.05) is 6.07 Å². The van der Waals surface area contributed by atoms with Crippen LogP contribution in [0, 0.1) is 25.2 Å². The first-order valence-corrected chi connectivity index (χ1v) is 10.1. The first kappa shape index (κ1) is 19.6. The van der Waals surface area contributed by atoms with Crippen molar-refractivity contribution in [1.82, 2.24) is 9.47 Å². The monoisotopic (exact) mass is 386 g/mol. The molecule has 0 aromatic carbocycles. The van der Waals surface area contributed by atoms with Crippen molar-refractivity contribution < 1.29 is 9.53 Å². The SMILES string of the molecule is Cc1c(C#N)c(NC(=O)CN(C)Cc2cccs2)n(C[C@H]2CCCO2)c1C. The second kappa shape index (κ2) is 8.70. The fraction of sp³-hybridized carbons (Fsp3) is 0.500. The number of nitrogens with zero attached hydrogens (tertiary/aromatic N) is 3. The van der Waals surface area contributed by atoms with E-state index in [1.165, 1.54) is 4.88 Å². The van der Waals surface area contributed by atoms with Crippen molar-refractivity contribution >= 4 is 23.1 Å². The molecule has 2 aromatic heterocycles. The molecular weight excluding hydrogens is 360 g/mol. The molecule has 1 N–H and O–H groups in total. The normalized spacial score (nSPS) is 16.6. The number of nitrogens with one attached hydrogen (secondary N) is 1. The number of thiophene rings is 1. The van der Waals surface area contributed by atoms with Crippen molar-refractivity contribution in [1.29, 1.82) is 5.26 Å². The van der Waals surface area contributed by atoms with Crippen molar-refractivity contribution in [2.75, 3.05) is 25.5 Å². The van der Waals surface area contributed by atoms with Crippen molar-refractivity contribution in [2.24, 2.45) is 0 Å². The van der Waals surface area contributed by atoms with Crippen LogP contribution in [0.5, 0.6) is 0 Å². The number of nitriles is 1. The molecule has 0 saturated carbocycles. The van der Waals surface area contributed by atoms with E-state index in [1.807, 2.05) is 41.8 Å². The number of amides is 1. The average molecular weight is 387 g/mol. The molecule has 0 bridgehead atoms. The highest BCUT2D eigenvalue weighted by molar-refractivity contribution is 7.09. The molecule has 1 atom stereocenters. The summed E-state index contributed by atoms with van der Waals surface area (Å²) in [7, 11) is 1.92. The highest BCUT2D eigenvalue weighted by atomic mass is 32.1. The van der Waals surface area contributed by atoms with E-state index in [1.54, 1.807) is 11.3 Å². The molecule has 0 aliphatic carbocycles. The van der Waals surface area contributed by atoms with E-state index in [2.05, 4.69) is 17.5 Å². The Kier molecular flexibility index (Phi) is 6.32. The van der Waals surface area contributed by atoms with Gasteiger partial charge >= 0.3 is 0 Å². The molecular formula is C20H26N4O2S. The van der Waals surface area contributed by atoms with Gasteiger partial charge in [-0.3, -0.25) is 9.69 Å². The number of hydrogen-bond acceptors (Lipinski definition) is 5. The van der Waals surface area contributed by atoms with Crippen LogP contribution in [0.3, 0.4) is 0 Å². The van der Waals surface area contributed by atoms with Crippen LogP contribution in [0.1, 0.15) is 34.5 Å². The Morgan fingerprint density at radius 1 is 1.52 bits per heavy atom. The third-order valence-electron chi connectivity index (χ3n) is 5.03. The molecule has 0 unspecified atom stereocenters. The van der Waals surface area contributed by atoms with E-state index in [4.69, 9.17) is 4.74 Å². The van der Waals surface area contributed by atoms with Crippen LogP contribution in [-0.4, -0.2) is 41.7 Å². The molecule has 1 saturated heterocycles. The summed E-state index contributed by atoms with van der Waals surface area (Å²) in [6.07, 6.45) is 2.21. The fourth-order valence-electron chi connectivity index (χ4n) is 3.49.